The molecule has 0 aliphatic rings. The summed E-state index contributed by atoms with van der Waals surface area (Å²) in [6.07, 6.45) is 6.32. The van der Waals surface area contributed by atoms with Crippen molar-refractivity contribution in [1.82, 2.24) is 9.97 Å². The summed E-state index contributed by atoms with van der Waals surface area (Å²) in [5.74, 6) is 8.31. The van der Waals surface area contributed by atoms with Crippen molar-refractivity contribution < 1.29 is 4.74 Å². The molecule has 1 rings (SSSR count). The van der Waals surface area contributed by atoms with Crippen molar-refractivity contribution in [3.63, 3.8) is 0 Å². The van der Waals surface area contributed by atoms with Gasteiger partial charge in [-0.25, -0.2) is 15.8 Å². The Morgan fingerprint density at radius 1 is 1.67 bits per heavy atom. The number of hydrogen-bond donors (Lipinski definition) is 2. The first-order chi connectivity index (χ1) is 5.86. The third kappa shape index (κ3) is 2.11. The van der Waals surface area contributed by atoms with Crippen LogP contribution in [0.4, 0.5) is 5.82 Å². The van der Waals surface area contributed by atoms with E-state index in [0.717, 1.165) is 0 Å². The van der Waals surface area contributed by atoms with Gasteiger partial charge in [-0.2, -0.15) is 0 Å². The van der Waals surface area contributed by atoms with Gasteiger partial charge in [0.1, 0.15) is 12.1 Å². The van der Waals surface area contributed by atoms with Gasteiger partial charge >= 0.3 is 0 Å². The van der Waals surface area contributed by atoms with E-state index in [0.29, 0.717) is 11.7 Å². The Labute approximate surface area is 69.9 Å². The van der Waals surface area contributed by atoms with Crippen molar-refractivity contribution in [2.45, 2.75) is 0 Å². The molecule has 0 radical (unpaired) electrons. The summed E-state index contributed by atoms with van der Waals surface area (Å²) in [6, 6.07) is 1.55. The van der Waals surface area contributed by atoms with Gasteiger partial charge in [0.25, 0.3) is 0 Å². The topological polar surface area (TPSA) is 73.1 Å². The number of nitrogens with two attached hydrogens (primary N) is 1. The number of terminal acetylenes is 1. The summed E-state index contributed by atoms with van der Waals surface area (Å²) in [6.45, 7) is 0.182. The monoisotopic (exact) mass is 164 g/mol. The highest BCUT2D eigenvalue weighted by Crippen LogP contribution is 2.08. The lowest BCUT2D eigenvalue weighted by atomic mass is 10.6. The van der Waals surface area contributed by atoms with Crippen LogP contribution in [0.15, 0.2) is 12.4 Å². The summed E-state index contributed by atoms with van der Waals surface area (Å²) >= 11 is 0. The minimum Gasteiger partial charge on any atom is -0.464 e. The SMILES string of the molecule is C#CCOc1cc(NN)ncn1. The molecule has 0 bridgehead atoms. The minimum absolute atomic E-state index is 0.182. The maximum absolute atomic E-state index is 5.11. The van der Waals surface area contributed by atoms with Gasteiger partial charge in [0.15, 0.2) is 6.61 Å². The first kappa shape index (κ1) is 8.30. The van der Waals surface area contributed by atoms with Crippen molar-refractivity contribution in [1.29, 1.82) is 0 Å². The lowest BCUT2D eigenvalue weighted by molar-refractivity contribution is 0.355. The smallest absolute Gasteiger partial charge is 0.219 e. The molecular formula is C7H8N4O. The molecule has 12 heavy (non-hydrogen) atoms. The van der Waals surface area contributed by atoms with E-state index in [4.69, 9.17) is 17.0 Å². The van der Waals surface area contributed by atoms with E-state index < -0.39 is 0 Å². The van der Waals surface area contributed by atoms with Crippen molar-refractivity contribution in [2.24, 2.45) is 5.84 Å². The van der Waals surface area contributed by atoms with Gasteiger partial charge in [-0.1, -0.05) is 5.92 Å². The highest BCUT2D eigenvalue weighted by Gasteiger charge is 1.95. The molecule has 0 saturated carbocycles. The fraction of sp³-hybridized carbons (Fsp3) is 0.143. The van der Waals surface area contributed by atoms with E-state index in [1.54, 1.807) is 6.07 Å². The lowest BCUT2D eigenvalue weighted by Gasteiger charge is -2.01. The zero-order valence-corrected chi connectivity index (χ0v) is 6.32. The molecular weight excluding hydrogens is 156 g/mol. The van der Waals surface area contributed by atoms with Crippen molar-refractivity contribution in [3.8, 4) is 18.2 Å². The maximum atomic E-state index is 5.11. The number of nitrogens with zero attached hydrogens (tertiary/aromatic N) is 2. The third-order valence-electron chi connectivity index (χ3n) is 1.09. The van der Waals surface area contributed by atoms with E-state index in [9.17, 15) is 0 Å². The summed E-state index contributed by atoms with van der Waals surface area (Å²) in [5, 5.41) is 0. The van der Waals surface area contributed by atoms with Gasteiger partial charge in [-0.05, 0) is 0 Å². The average molecular weight is 164 g/mol. The van der Waals surface area contributed by atoms with Crippen molar-refractivity contribution in [3.05, 3.63) is 12.4 Å². The van der Waals surface area contributed by atoms with E-state index in [2.05, 4.69) is 21.3 Å². The van der Waals surface area contributed by atoms with Crippen LogP contribution in [0.25, 0.3) is 0 Å². The largest absolute Gasteiger partial charge is 0.464 e. The third-order valence-corrected chi connectivity index (χ3v) is 1.09. The van der Waals surface area contributed by atoms with Crippen LogP contribution in [0.2, 0.25) is 0 Å². The van der Waals surface area contributed by atoms with Crippen LogP contribution in [-0.2, 0) is 0 Å². The van der Waals surface area contributed by atoms with Crippen LogP contribution < -0.4 is 16.0 Å². The molecule has 1 heterocycles. The lowest BCUT2D eigenvalue weighted by Crippen LogP contribution is -2.09. The molecule has 0 saturated heterocycles. The van der Waals surface area contributed by atoms with Gasteiger partial charge in [0, 0.05) is 6.07 Å². The average Bonchev–Trinajstić information content (AvgIpc) is 2.15. The second kappa shape index (κ2) is 4.16. The van der Waals surface area contributed by atoms with Gasteiger partial charge in [0.05, 0.1) is 0 Å². The highest BCUT2D eigenvalue weighted by atomic mass is 16.5. The molecule has 5 nitrogen and oxygen atoms in total. The van der Waals surface area contributed by atoms with Crippen molar-refractivity contribution >= 4 is 5.82 Å². The predicted octanol–water partition coefficient (Wildman–Crippen LogP) is -0.226. The molecule has 1 aromatic rings. The van der Waals surface area contributed by atoms with E-state index in [1.807, 2.05) is 0 Å². The van der Waals surface area contributed by atoms with Crippen LogP contribution in [0.1, 0.15) is 0 Å². The molecule has 5 heteroatoms. The predicted molar refractivity (Wildman–Crippen MR) is 44.2 cm³/mol. The Kier molecular flexibility index (Phi) is 2.87. The Morgan fingerprint density at radius 3 is 3.17 bits per heavy atom. The number of ether oxygens (including phenoxy) is 1. The number of nitrogen functional groups attached to an aromatic ring is 1. The fourth-order valence-electron chi connectivity index (χ4n) is 0.613. The van der Waals surface area contributed by atoms with Gasteiger partial charge in [-0.15, -0.1) is 6.42 Å². The Bertz CT molecular complexity index is 294. The van der Waals surface area contributed by atoms with E-state index >= 15 is 0 Å². The first-order valence-corrected chi connectivity index (χ1v) is 3.21. The van der Waals surface area contributed by atoms with Gasteiger partial charge in [-0.3, -0.25) is 0 Å². The number of hydrazine groups is 1. The Morgan fingerprint density at radius 2 is 2.50 bits per heavy atom. The molecule has 0 aromatic carbocycles. The number of aromatic nitrogens is 2. The zero-order valence-electron chi connectivity index (χ0n) is 6.32. The maximum Gasteiger partial charge on any atom is 0.219 e. The number of rotatable bonds is 3. The number of nitrogens with one attached hydrogen (secondary N) is 1. The Hall–Kier alpha value is -1.80. The first-order valence-electron chi connectivity index (χ1n) is 3.21. The fourth-order valence-corrected chi connectivity index (χ4v) is 0.613. The Balaban J connectivity index is 2.67. The molecule has 0 aliphatic heterocycles. The van der Waals surface area contributed by atoms with Crippen LogP contribution in [0.5, 0.6) is 5.88 Å². The van der Waals surface area contributed by atoms with Crippen LogP contribution >= 0.6 is 0 Å². The summed E-state index contributed by atoms with van der Waals surface area (Å²) < 4.78 is 5.01. The molecule has 0 spiro atoms. The van der Waals surface area contributed by atoms with Gasteiger partial charge < -0.3 is 10.2 Å². The highest BCUT2D eigenvalue weighted by molar-refractivity contribution is 5.35. The molecule has 0 unspecified atom stereocenters. The quantitative estimate of drug-likeness (QED) is 0.367. The molecule has 3 N–H and O–H groups in total. The van der Waals surface area contributed by atoms with E-state index in [1.165, 1.54) is 6.33 Å². The number of anilines is 1. The molecule has 0 fully saturated rings. The van der Waals surface area contributed by atoms with Crippen LogP contribution in [0.3, 0.4) is 0 Å². The van der Waals surface area contributed by atoms with Gasteiger partial charge in [0.2, 0.25) is 5.88 Å². The van der Waals surface area contributed by atoms with Crippen molar-refractivity contribution in [2.75, 3.05) is 12.0 Å². The molecule has 62 valence electrons. The molecule has 0 amide bonds. The minimum atomic E-state index is 0.182. The second-order valence-corrected chi connectivity index (χ2v) is 1.88. The molecule has 0 aliphatic carbocycles. The second-order valence-electron chi connectivity index (χ2n) is 1.88. The molecule has 1 aromatic heterocycles. The standard InChI is InChI=1S/C7H8N4O/c1-2-3-12-7-4-6(11-8)9-5-10-7/h1,4-5H,3,8H2,(H,9,10,11). The summed E-state index contributed by atoms with van der Waals surface area (Å²) in [4.78, 5) is 7.59. The zero-order chi connectivity index (χ0) is 8.81. The number of hydrogen-bond acceptors (Lipinski definition) is 5. The molecule has 0 atom stereocenters. The normalized spacial score (nSPS) is 8.67. The van der Waals surface area contributed by atoms with E-state index in [-0.39, 0.29) is 6.61 Å². The van der Waals surface area contributed by atoms with Crippen LogP contribution in [-0.4, -0.2) is 16.6 Å². The summed E-state index contributed by atoms with van der Waals surface area (Å²) in [5.41, 5.74) is 2.36. The van der Waals surface area contributed by atoms with Crippen LogP contribution in [0, 0.1) is 12.3 Å². The summed E-state index contributed by atoms with van der Waals surface area (Å²) in [7, 11) is 0.